The Hall–Kier alpha value is -2.50. The number of hydrogen-bond acceptors (Lipinski definition) is 5. The molecule has 3 aromatic rings. The van der Waals surface area contributed by atoms with Crippen molar-refractivity contribution in [3.63, 3.8) is 0 Å². The third-order valence-electron chi connectivity index (χ3n) is 5.10. The zero-order valence-corrected chi connectivity index (χ0v) is 14.7. The van der Waals surface area contributed by atoms with E-state index in [9.17, 15) is 5.11 Å². The second-order valence-corrected chi connectivity index (χ2v) is 6.80. The number of nitrogens with zero attached hydrogens (tertiary/aromatic N) is 3. The van der Waals surface area contributed by atoms with Crippen LogP contribution in [0.15, 0.2) is 65.2 Å². The number of rotatable bonds is 5. The first kappa shape index (κ1) is 16.9. The van der Waals surface area contributed by atoms with E-state index in [0.717, 1.165) is 37.1 Å². The number of aliphatic hydroxyl groups excluding tert-OH is 1. The molecule has 1 aliphatic rings. The highest BCUT2D eigenvalue weighted by molar-refractivity contribution is 5.53. The van der Waals surface area contributed by atoms with Crippen molar-refractivity contribution in [1.29, 1.82) is 0 Å². The molecule has 1 saturated heterocycles. The van der Waals surface area contributed by atoms with Crippen LogP contribution in [0.1, 0.15) is 30.3 Å². The standard InChI is InChI=1S/C21H23N3O2/c25-15-16-11-13-24(14-12-16)19(17-7-3-1-4-8-17)21-22-20(23-26-21)18-9-5-2-6-10-18/h1-10,16,19,25H,11-15H2. The molecule has 134 valence electrons. The van der Waals surface area contributed by atoms with Crippen LogP contribution in [0.4, 0.5) is 0 Å². The topological polar surface area (TPSA) is 62.4 Å². The minimum atomic E-state index is -0.0548. The molecule has 0 spiro atoms. The first-order valence-electron chi connectivity index (χ1n) is 9.14. The van der Waals surface area contributed by atoms with Crippen molar-refractivity contribution < 1.29 is 9.63 Å². The molecule has 1 fully saturated rings. The van der Waals surface area contributed by atoms with E-state index in [0.29, 0.717) is 17.6 Å². The molecule has 1 atom stereocenters. The van der Waals surface area contributed by atoms with E-state index in [4.69, 9.17) is 9.51 Å². The van der Waals surface area contributed by atoms with Crippen LogP contribution in [0.2, 0.25) is 0 Å². The van der Waals surface area contributed by atoms with E-state index in [1.807, 2.05) is 48.5 Å². The first-order chi connectivity index (χ1) is 12.8. The maximum absolute atomic E-state index is 9.42. The Balaban J connectivity index is 1.65. The second kappa shape index (κ2) is 7.81. The van der Waals surface area contributed by atoms with Crippen LogP contribution in [-0.2, 0) is 0 Å². The van der Waals surface area contributed by atoms with Gasteiger partial charge in [0.1, 0.15) is 6.04 Å². The Morgan fingerprint density at radius 3 is 2.31 bits per heavy atom. The molecule has 0 saturated carbocycles. The Morgan fingerprint density at radius 2 is 1.65 bits per heavy atom. The van der Waals surface area contributed by atoms with Gasteiger partial charge in [0.2, 0.25) is 11.7 Å². The van der Waals surface area contributed by atoms with Crippen molar-refractivity contribution >= 4 is 0 Å². The fourth-order valence-corrected chi connectivity index (χ4v) is 3.59. The molecular formula is C21H23N3O2. The van der Waals surface area contributed by atoms with Crippen molar-refractivity contribution in [3.8, 4) is 11.4 Å². The van der Waals surface area contributed by atoms with Gasteiger partial charge in [0.05, 0.1) is 0 Å². The highest BCUT2D eigenvalue weighted by Crippen LogP contribution is 2.32. The van der Waals surface area contributed by atoms with E-state index in [1.54, 1.807) is 0 Å². The van der Waals surface area contributed by atoms with Gasteiger partial charge in [-0.2, -0.15) is 4.98 Å². The molecule has 4 rings (SSSR count). The molecule has 1 unspecified atom stereocenters. The molecule has 5 heteroatoms. The third kappa shape index (κ3) is 3.54. The number of benzene rings is 2. The molecule has 2 heterocycles. The van der Waals surface area contributed by atoms with Crippen LogP contribution in [-0.4, -0.2) is 39.8 Å². The summed E-state index contributed by atoms with van der Waals surface area (Å²) < 4.78 is 5.69. The van der Waals surface area contributed by atoms with Gasteiger partial charge in [-0.25, -0.2) is 0 Å². The zero-order valence-electron chi connectivity index (χ0n) is 14.7. The van der Waals surface area contributed by atoms with Crippen LogP contribution < -0.4 is 0 Å². The maximum Gasteiger partial charge on any atom is 0.248 e. The van der Waals surface area contributed by atoms with Crippen LogP contribution in [0.5, 0.6) is 0 Å². The van der Waals surface area contributed by atoms with Gasteiger partial charge >= 0.3 is 0 Å². The number of aromatic nitrogens is 2. The van der Waals surface area contributed by atoms with E-state index in [2.05, 4.69) is 22.2 Å². The molecule has 0 amide bonds. The largest absolute Gasteiger partial charge is 0.396 e. The first-order valence-corrected chi connectivity index (χ1v) is 9.14. The Labute approximate surface area is 153 Å². The molecule has 26 heavy (non-hydrogen) atoms. The number of hydrogen-bond donors (Lipinski definition) is 1. The lowest BCUT2D eigenvalue weighted by molar-refractivity contribution is 0.100. The minimum absolute atomic E-state index is 0.0548. The Kier molecular flexibility index (Phi) is 5.09. The van der Waals surface area contributed by atoms with Gasteiger partial charge in [-0.1, -0.05) is 65.8 Å². The molecule has 2 aromatic carbocycles. The molecular weight excluding hydrogens is 326 g/mol. The van der Waals surface area contributed by atoms with E-state index in [1.165, 1.54) is 0 Å². The molecule has 0 aliphatic carbocycles. The summed E-state index contributed by atoms with van der Waals surface area (Å²) in [7, 11) is 0. The van der Waals surface area contributed by atoms with E-state index >= 15 is 0 Å². The van der Waals surface area contributed by atoms with Crippen LogP contribution in [0.25, 0.3) is 11.4 Å². The lowest BCUT2D eigenvalue weighted by Gasteiger charge is -2.35. The van der Waals surface area contributed by atoms with Crippen LogP contribution >= 0.6 is 0 Å². The van der Waals surface area contributed by atoms with Gasteiger partial charge in [0.25, 0.3) is 0 Å². The Morgan fingerprint density at radius 1 is 1.00 bits per heavy atom. The monoisotopic (exact) mass is 349 g/mol. The number of likely N-dealkylation sites (tertiary alicyclic amines) is 1. The quantitative estimate of drug-likeness (QED) is 0.763. The van der Waals surface area contributed by atoms with Gasteiger partial charge in [0, 0.05) is 12.2 Å². The predicted molar refractivity (Wildman–Crippen MR) is 99.4 cm³/mol. The zero-order chi connectivity index (χ0) is 17.8. The van der Waals surface area contributed by atoms with Gasteiger partial charge in [0.15, 0.2) is 0 Å². The van der Waals surface area contributed by atoms with Gasteiger partial charge in [-0.3, -0.25) is 4.90 Å². The fraction of sp³-hybridized carbons (Fsp3) is 0.333. The fourth-order valence-electron chi connectivity index (χ4n) is 3.59. The summed E-state index contributed by atoms with van der Waals surface area (Å²) in [5.41, 5.74) is 2.10. The third-order valence-corrected chi connectivity index (χ3v) is 5.10. The maximum atomic E-state index is 9.42. The summed E-state index contributed by atoms with van der Waals surface area (Å²) >= 11 is 0. The summed E-state index contributed by atoms with van der Waals surface area (Å²) in [6.45, 7) is 2.09. The van der Waals surface area contributed by atoms with E-state index in [-0.39, 0.29) is 12.6 Å². The molecule has 1 aliphatic heterocycles. The molecule has 1 N–H and O–H groups in total. The van der Waals surface area contributed by atoms with Crippen molar-refractivity contribution in [1.82, 2.24) is 15.0 Å². The van der Waals surface area contributed by atoms with E-state index < -0.39 is 0 Å². The highest BCUT2D eigenvalue weighted by Gasteiger charge is 2.31. The summed E-state index contributed by atoms with van der Waals surface area (Å²) in [5, 5.41) is 13.6. The Bertz CT molecular complexity index is 812. The van der Waals surface area contributed by atoms with Gasteiger partial charge < -0.3 is 9.63 Å². The molecule has 0 radical (unpaired) electrons. The highest BCUT2D eigenvalue weighted by atomic mass is 16.5. The average Bonchev–Trinajstić information content (AvgIpc) is 3.20. The van der Waals surface area contributed by atoms with Crippen LogP contribution in [0, 0.1) is 5.92 Å². The van der Waals surface area contributed by atoms with Crippen molar-refractivity contribution in [2.24, 2.45) is 5.92 Å². The van der Waals surface area contributed by atoms with Gasteiger partial charge in [-0.15, -0.1) is 0 Å². The number of aliphatic hydroxyl groups is 1. The molecule has 0 bridgehead atoms. The second-order valence-electron chi connectivity index (χ2n) is 6.80. The summed E-state index contributed by atoms with van der Waals surface area (Å²) in [5.74, 6) is 1.63. The van der Waals surface area contributed by atoms with Crippen molar-refractivity contribution in [2.45, 2.75) is 18.9 Å². The predicted octanol–water partition coefficient (Wildman–Crippen LogP) is 3.53. The smallest absolute Gasteiger partial charge is 0.248 e. The summed E-state index contributed by atoms with van der Waals surface area (Å²) in [4.78, 5) is 7.08. The normalized spacial score (nSPS) is 17.3. The van der Waals surface area contributed by atoms with Crippen LogP contribution in [0.3, 0.4) is 0 Å². The number of piperidine rings is 1. The molecule has 5 nitrogen and oxygen atoms in total. The summed E-state index contributed by atoms with van der Waals surface area (Å²) in [6, 6.07) is 20.1. The minimum Gasteiger partial charge on any atom is -0.396 e. The van der Waals surface area contributed by atoms with Crippen molar-refractivity contribution in [3.05, 3.63) is 72.1 Å². The average molecular weight is 349 g/mol. The van der Waals surface area contributed by atoms with Crippen molar-refractivity contribution in [2.75, 3.05) is 19.7 Å². The summed E-state index contributed by atoms with van der Waals surface area (Å²) in [6.07, 6.45) is 1.97. The lowest BCUT2D eigenvalue weighted by atomic mass is 9.95. The lowest BCUT2D eigenvalue weighted by Crippen LogP contribution is -2.38. The SMILES string of the molecule is OCC1CCN(C(c2ccccc2)c2nc(-c3ccccc3)no2)CC1. The van der Waals surface area contributed by atoms with Gasteiger partial charge in [-0.05, 0) is 37.4 Å². The molecule has 1 aromatic heterocycles.